The highest BCUT2D eigenvalue weighted by molar-refractivity contribution is 8.00. The number of carbonyl (C=O) groups excluding carboxylic acids is 1. The van der Waals surface area contributed by atoms with Gasteiger partial charge in [0, 0.05) is 17.0 Å². The van der Waals surface area contributed by atoms with Gasteiger partial charge in [-0.2, -0.15) is 5.10 Å². The average molecular weight is 428 g/mol. The van der Waals surface area contributed by atoms with Crippen LogP contribution in [0.25, 0.3) is 0 Å². The third-order valence-corrected chi connectivity index (χ3v) is 6.03. The molecule has 5 nitrogen and oxygen atoms in total. The van der Waals surface area contributed by atoms with Crippen molar-refractivity contribution in [2.75, 3.05) is 5.01 Å². The van der Waals surface area contributed by atoms with Crippen molar-refractivity contribution in [3.63, 3.8) is 0 Å². The minimum absolute atomic E-state index is 0.139. The molecule has 0 amide bonds. The van der Waals surface area contributed by atoms with E-state index in [1.807, 2.05) is 42.3 Å². The first-order valence-electron chi connectivity index (χ1n) is 10.1. The summed E-state index contributed by atoms with van der Waals surface area (Å²) in [6.45, 7) is 4.02. The molecule has 2 unspecified atom stereocenters. The lowest BCUT2D eigenvalue weighted by molar-refractivity contribution is -0.143. The van der Waals surface area contributed by atoms with E-state index in [1.165, 1.54) is 12.1 Å². The molecular formula is C23H26FN3O2S. The number of hydrazone groups is 1. The standard InChI is InChI=1S/C23H26FN3O2S/c1-3-4-6-11-22(28)29-25-16-21-17(2)26-27(19-9-7-5-8-10-19)23(21)30-20-14-12-18(24)13-15-20/h5,7-10,12-16,21,23H,3-4,6,11H2,1-2H3/b25-16+. The Morgan fingerprint density at radius 2 is 1.93 bits per heavy atom. The van der Waals surface area contributed by atoms with Crippen molar-refractivity contribution in [1.82, 2.24) is 0 Å². The quantitative estimate of drug-likeness (QED) is 0.217. The van der Waals surface area contributed by atoms with Gasteiger partial charge in [-0.25, -0.2) is 9.18 Å². The number of para-hydroxylation sites is 1. The Hall–Kier alpha value is -2.67. The van der Waals surface area contributed by atoms with Crippen molar-refractivity contribution in [2.24, 2.45) is 16.2 Å². The molecule has 0 saturated heterocycles. The molecule has 0 fully saturated rings. The lowest BCUT2D eigenvalue weighted by Crippen LogP contribution is -2.31. The van der Waals surface area contributed by atoms with Crippen LogP contribution in [0.4, 0.5) is 10.1 Å². The van der Waals surface area contributed by atoms with E-state index in [1.54, 1.807) is 30.1 Å². The first-order chi connectivity index (χ1) is 14.6. The second-order valence-electron chi connectivity index (χ2n) is 7.08. The van der Waals surface area contributed by atoms with Crippen molar-refractivity contribution < 1.29 is 14.0 Å². The van der Waals surface area contributed by atoms with Crippen LogP contribution < -0.4 is 5.01 Å². The topological polar surface area (TPSA) is 54.3 Å². The summed E-state index contributed by atoms with van der Waals surface area (Å²) in [6.07, 6.45) is 4.86. The molecule has 0 N–H and O–H groups in total. The highest BCUT2D eigenvalue weighted by Crippen LogP contribution is 2.38. The van der Waals surface area contributed by atoms with Gasteiger partial charge in [0.25, 0.3) is 0 Å². The van der Waals surface area contributed by atoms with Gasteiger partial charge in [-0.3, -0.25) is 5.01 Å². The van der Waals surface area contributed by atoms with E-state index >= 15 is 0 Å². The molecular weight excluding hydrogens is 401 g/mol. The zero-order valence-electron chi connectivity index (χ0n) is 17.2. The molecule has 1 heterocycles. The molecule has 0 spiro atoms. The summed E-state index contributed by atoms with van der Waals surface area (Å²) < 4.78 is 13.3. The van der Waals surface area contributed by atoms with Crippen molar-refractivity contribution in [1.29, 1.82) is 0 Å². The van der Waals surface area contributed by atoms with E-state index in [4.69, 9.17) is 9.94 Å². The molecule has 0 aromatic heterocycles. The maximum absolute atomic E-state index is 13.3. The summed E-state index contributed by atoms with van der Waals surface area (Å²) in [5.41, 5.74) is 1.81. The molecule has 0 aliphatic carbocycles. The zero-order valence-corrected chi connectivity index (χ0v) is 18.0. The molecule has 7 heteroatoms. The van der Waals surface area contributed by atoms with E-state index in [0.29, 0.717) is 6.42 Å². The molecule has 1 aliphatic heterocycles. The molecule has 30 heavy (non-hydrogen) atoms. The first kappa shape index (κ1) is 22.0. The van der Waals surface area contributed by atoms with Crippen molar-refractivity contribution in [3.05, 3.63) is 60.4 Å². The van der Waals surface area contributed by atoms with Gasteiger partial charge in [0.1, 0.15) is 11.2 Å². The predicted octanol–water partition coefficient (Wildman–Crippen LogP) is 5.87. The monoisotopic (exact) mass is 427 g/mol. The van der Waals surface area contributed by atoms with Crippen LogP contribution in [0.2, 0.25) is 0 Å². The highest BCUT2D eigenvalue weighted by Gasteiger charge is 2.36. The lowest BCUT2D eigenvalue weighted by Gasteiger charge is -2.26. The van der Waals surface area contributed by atoms with Gasteiger partial charge in [0.15, 0.2) is 0 Å². The van der Waals surface area contributed by atoms with Crippen LogP contribution in [0.5, 0.6) is 0 Å². The number of benzene rings is 2. The number of halogens is 1. The summed E-state index contributed by atoms with van der Waals surface area (Å²) in [5, 5.41) is 10.5. The molecule has 1 aliphatic rings. The maximum Gasteiger partial charge on any atom is 0.334 e. The molecule has 2 aromatic rings. The van der Waals surface area contributed by atoms with Gasteiger partial charge < -0.3 is 4.84 Å². The molecule has 2 atom stereocenters. The Balaban J connectivity index is 1.75. The van der Waals surface area contributed by atoms with Crippen molar-refractivity contribution >= 4 is 35.3 Å². The Labute approximate surface area is 181 Å². The number of anilines is 1. The van der Waals surface area contributed by atoms with Gasteiger partial charge in [0.2, 0.25) is 0 Å². The smallest absolute Gasteiger partial charge is 0.319 e. The number of rotatable bonds is 9. The Kier molecular flexibility index (Phi) is 8.02. The number of unbranched alkanes of at least 4 members (excludes halogenated alkanes) is 2. The molecule has 158 valence electrons. The third-order valence-electron chi connectivity index (χ3n) is 4.75. The van der Waals surface area contributed by atoms with E-state index < -0.39 is 0 Å². The number of nitrogens with zero attached hydrogens (tertiary/aromatic N) is 3. The summed E-state index contributed by atoms with van der Waals surface area (Å²) in [6, 6.07) is 16.2. The average Bonchev–Trinajstić information content (AvgIpc) is 3.06. The van der Waals surface area contributed by atoms with E-state index in [-0.39, 0.29) is 23.1 Å². The van der Waals surface area contributed by atoms with Gasteiger partial charge in [-0.1, -0.05) is 54.9 Å². The third kappa shape index (κ3) is 5.92. The number of hydrogen-bond acceptors (Lipinski definition) is 6. The van der Waals surface area contributed by atoms with Gasteiger partial charge >= 0.3 is 5.97 Å². The molecule has 3 rings (SSSR count). The number of carbonyl (C=O) groups is 1. The largest absolute Gasteiger partial charge is 0.334 e. The second kappa shape index (κ2) is 10.9. The van der Waals surface area contributed by atoms with Crippen LogP contribution in [0.1, 0.15) is 39.5 Å². The normalized spacial score (nSPS) is 18.6. The van der Waals surface area contributed by atoms with Crippen LogP contribution in [0, 0.1) is 11.7 Å². The molecule has 0 saturated carbocycles. The molecule has 2 aromatic carbocycles. The van der Waals surface area contributed by atoms with Crippen molar-refractivity contribution in [3.8, 4) is 0 Å². The highest BCUT2D eigenvalue weighted by atomic mass is 32.2. The fourth-order valence-corrected chi connectivity index (χ4v) is 4.37. The van der Waals surface area contributed by atoms with Gasteiger partial charge in [0.05, 0.1) is 17.8 Å². The summed E-state index contributed by atoms with van der Waals surface area (Å²) >= 11 is 1.56. The molecule has 0 bridgehead atoms. The second-order valence-corrected chi connectivity index (χ2v) is 8.27. The first-order valence-corrected chi connectivity index (χ1v) is 11.0. The van der Waals surface area contributed by atoms with Gasteiger partial charge in [-0.05, 0) is 49.7 Å². The van der Waals surface area contributed by atoms with E-state index in [0.717, 1.165) is 35.6 Å². The lowest BCUT2D eigenvalue weighted by atomic mass is 10.1. The minimum Gasteiger partial charge on any atom is -0.319 e. The fraction of sp³-hybridized carbons (Fsp3) is 0.348. The SMILES string of the molecule is CCCCCC(=O)O/N=C/C1C(C)=NN(c2ccccc2)C1Sc1ccc(F)cc1. The van der Waals surface area contributed by atoms with E-state index in [9.17, 15) is 9.18 Å². The minimum atomic E-state index is -0.324. The summed E-state index contributed by atoms with van der Waals surface area (Å²) in [7, 11) is 0. The van der Waals surface area contributed by atoms with Gasteiger partial charge in [-0.15, -0.1) is 0 Å². The Morgan fingerprint density at radius 3 is 2.63 bits per heavy atom. The Morgan fingerprint density at radius 1 is 1.20 bits per heavy atom. The van der Waals surface area contributed by atoms with Crippen LogP contribution in [-0.4, -0.2) is 23.3 Å². The summed E-state index contributed by atoms with van der Waals surface area (Å²) in [5.74, 6) is -0.759. The summed E-state index contributed by atoms with van der Waals surface area (Å²) in [4.78, 5) is 17.8. The van der Waals surface area contributed by atoms with E-state index in [2.05, 4.69) is 12.1 Å². The van der Waals surface area contributed by atoms with Crippen molar-refractivity contribution in [2.45, 2.75) is 49.8 Å². The number of oxime groups is 1. The van der Waals surface area contributed by atoms with Crippen LogP contribution in [-0.2, 0) is 9.63 Å². The fourth-order valence-electron chi connectivity index (χ4n) is 3.11. The van der Waals surface area contributed by atoms with Crippen LogP contribution in [0.3, 0.4) is 0 Å². The number of thioether (sulfide) groups is 1. The Bertz CT molecular complexity index is 887. The van der Waals surface area contributed by atoms with Crippen LogP contribution >= 0.6 is 11.8 Å². The van der Waals surface area contributed by atoms with Crippen LogP contribution in [0.15, 0.2) is 69.7 Å². The maximum atomic E-state index is 13.3. The molecule has 0 radical (unpaired) electrons. The predicted molar refractivity (Wildman–Crippen MR) is 120 cm³/mol. The number of hydrogen-bond donors (Lipinski definition) is 0. The zero-order chi connectivity index (χ0) is 21.3.